The second kappa shape index (κ2) is 6.21. The van der Waals surface area contributed by atoms with Crippen molar-refractivity contribution < 1.29 is 4.79 Å². The highest BCUT2D eigenvalue weighted by atomic mass is 32.1. The average Bonchev–Trinajstić information content (AvgIpc) is 2.93. The molecule has 1 heterocycles. The lowest BCUT2D eigenvalue weighted by molar-refractivity contribution is 0.0959. The van der Waals surface area contributed by atoms with Gasteiger partial charge in [-0.15, -0.1) is 11.3 Å². The smallest absolute Gasteiger partial charge is 0.261 e. The van der Waals surface area contributed by atoms with E-state index < -0.39 is 0 Å². The monoisotopic (exact) mass is 260 g/mol. The SMILES string of the molecule is CN(CCNC(=O)c1cccs1)c1ccccc1. The molecule has 0 unspecified atom stereocenters. The summed E-state index contributed by atoms with van der Waals surface area (Å²) in [6.07, 6.45) is 0. The number of nitrogens with one attached hydrogen (secondary N) is 1. The summed E-state index contributed by atoms with van der Waals surface area (Å²) in [5.41, 5.74) is 1.16. The molecule has 3 nitrogen and oxygen atoms in total. The van der Waals surface area contributed by atoms with E-state index in [0.717, 1.165) is 17.1 Å². The van der Waals surface area contributed by atoms with Gasteiger partial charge in [0.25, 0.3) is 5.91 Å². The number of carbonyl (C=O) groups excluding carboxylic acids is 1. The molecule has 1 amide bonds. The van der Waals surface area contributed by atoms with Crippen molar-refractivity contribution in [1.82, 2.24) is 5.32 Å². The van der Waals surface area contributed by atoms with Crippen LogP contribution < -0.4 is 10.2 Å². The second-order valence-electron chi connectivity index (χ2n) is 3.99. The van der Waals surface area contributed by atoms with Crippen LogP contribution in [0.1, 0.15) is 9.67 Å². The van der Waals surface area contributed by atoms with Crippen LogP contribution in [0.15, 0.2) is 47.8 Å². The molecule has 18 heavy (non-hydrogen) atoms. The van der Waals surface area contributed by atoms with Crippen molar-refractivity contribution in [2.24, 2.45) is 0 Å². The molecular formula is C14H16N2OS. The van der Waals surface area contributed by atoms with Gasteiger partial charge < -0.3 is 10.2 Å². The first-order chi connectivity index (χ1) is 8.77. The fourth-order valence-corrected chi connectivity index (χ4v) is 2.28. The van der Waals surface area contributed by atoms with E-state index >= 15 is 0 Å². The minimum Gasteiger partial charge on any atom is -0.373 e. The van der Waals surface area contributed by atoms with Crippen molar-refractivity contribution in [1.29, 1.82) is 0 Å². The van der Waals surface area contributed by atoms with E-state index in [9.17, 15) is 4.79 Å². The largest absolute Gasteiger partial charge is 0.373 e. The Bertz CT molecular complexity index is 482. The number of thiophene rings is 1. The third-order valence-corrected chi connectivity index (χ3v) is 3.54. The number of amides is 1. The van der Waals surface area contributed by atoms with Crippen molar-refractivity contribution in [3.8, 4) is 0 Å². The van der Waals surface area contributed by atoms with Gasteiger partial charge in [-0.25, -0.2) is 0 Å². The Hall–Kier alpha value is -1.81. The molecule has 0 radical (unpaired) electrons. The first kappa shape index (κ1) is 12.6. The summed E-state index contributed by atoms with van der Waals surface area (Å²) >= 11 is 1.46. The number of nitrogens with zero attached hydrogens (tertiary/aromatic N) is 1. The third-order valence-electron chi connectivity index (χ3n) is 2.67. The van der Waals surface area contributed by atoms with Gasteiger partial charge in [-0.1, -0.05) is 24.3 Å². The normalized spacial score (nSPS) is 10.1. The highest BCUT2D eigenvalue weighted by molar-refractivity contribution is 7.12. The van der Waals surface area contributed by atoms with Gasteiger partial charge in [0.15, 0.2) is 0 Å². The molecule has 0 aliphatic carbocycles. The number of para-hydroxylation sites is 1. The zero-order valence-electron chi connectivity index (χ0n) is 10.3. The number of anilines is 1. The zero-order chi connectivity index (χ0) is 12.8. The molecule has 0 atom stereocenters. The van der Waals surface area contributed by atoms with Gasteiger partial charge in [-0.3, -0.25) is 4.79 Å². The molecule has 1 aromatic heterocycles. The molecule has 2 aromatic rings. The molecule has 1 N–H and O–H groups in total. The van der Waals surface area contributed by atoms with Crippen LogP contribution in [0.2, 0.25) is 0 Å². The second-order valence-corrected chi connectivity index (χ2v) is 4.94. The number of rotatable bonds is 5. The summed E-state index contributed by atoms with van der Waals surface area (Å²) < 4.78 is 0. The van der Waals surface area contributed by atoms with E-state index in [2.05, 4.69) is 22.3 Å². The Labute approximate surface area is 111 Å². The van der Waals surface area contributed by atoms with Gasteiger partial charge in [-0.05, 0) is 23.6 Å². The topological polar surface area (TPSA) is 32.3 Å². The molecule has 2 rings (SSSR count). The zero-order valence-corrected chi connectivity index (χ0v) is 11.1. The van der Waals surface area contributed by atoms with Crippen LogP contribution in [-0.2, 0) is 0 Å². The first-order valence-electron chi connectivity index (χ1n) is 5.85. The van der Waals surface area contributed by atoms with E-state index in [-0.39, 0.29) is 5.91 Å². The molecule has 94 valence electrons. The lowest BCUT2D eigenvalue weighted by Gasteiger charge is -2.19. The molecule has 0 spiro atoms. The molecule has 4 heteroatoms. The Kier molecular flexibility index (Phi) is 4.36. The van der Waals surface area contributed by atoms with E-state index in [1.165, 1.54) is 11.3 Å². The summed E-state index contributed by atoms with van der Waals surface area (Å²) in [5, 5.41) is 4.82. The van der Waals surface area contributed by atoms with Gasteiger partial charge >= 0.3 is 0 Å². The number of benzene rings is 1. The highest BCUT2D eigenvalue weighted by Gasteiger charge is 2.06. The van der Waals surface area contributed by atoms with Gasteiger partial charge in [0.05, 0.1) is 4.88 Å². The van der Waals surface area contributed by atoms with Crippen LogP contribution in [0.5, 0.6) is 0 Å². The van der Waals surface area contributed by atoms with Crippen molar-refractivity contribution in [3.05, 3.63) is 52.7 Å². The van der Waals surface area contributed by atoms with Gasteiger partial charge in [0.2, 0.25) is 0 Å². The molecule has 0 saturated carbocycles. The molecule has 0 aliphatic rings. The lowest BCUT2D eigenvalue weighted by atomic mass is 10.3. The molecule has 0 saturated heterocycles. The Morgan fingerprint density at radius 1 is 1.22 bits per heavy atom. The van der Waals surface area contributed by atoms with E-state index in [1.807, 2.05) is 42.8 Å². The number of likely N-dealkylation sites (N-methyl/N-ethyl adjacent to an activating group) is 1. The Morgan fingerprint density at radius 2 is 2.00 bits per heavy atom. The summed E-state index contributed by atoms with van der Waals surface area (Å²) in [6, 6.07) is 13.8. The quantitative estimate of drug-likeness (QED) is 0.896. The number of carbonyl (C=O) groups is 1. The summed E-state index contributed by atoms with van der Waals surface area (Å²) in [6.45, 7) is 1.43. The lowest BCUT2D eigenvalue weighted by Crippen LogP contribution is -2.32. The highest BCUT2D eigenvalue weighted by Crippen LogP contribution is 2.10. The maximum Gasteiger partial charge on any atom is 0.261 e. The number of hydrogen-bond acceptors (Lipinski definition) is 3. The molecule has 1 aromatic carbocycles. The van der Waals surface area contributed by atoms with Crippen molar-refractivity contribution in [2.45, 2.75) is 0 Å². The Morgan fingerprint density at radius 3 is 2.67 bits per heavy atom. The molecular weight excluding hydrogens is 244 g/mol. The molecule has 0 aliphatic heterocycles. The predicted molar refractivity (Wildman–Crippen MR) is 76.4 cm³/mol. The van der Waals surface area contributed by atoms with Crippen molar-refractivity contribution in [2.75, 3.05) is 25.0 Å². The van der Waals surface area contributed by atoms with E-state index in [0.29, 0.717) is 6.54 Å². The first-order valence-corrected chi connectivity index (χ1v) is 6.73. The fraction of sp³-hybridized carbons (Fsp3) is 0.214. The van der Waals surface area contributed by atoms with Crippen molar-refractivity contribution >= 4 is 22.9 Å². The summed E-state index contributed by atoms with van der Waals surface area (Å²) in [7, 11) is 2.02. The van der Waals surface area contributed by atoms with Crippen molar-refractivity contribution in [3.63, 3.8) is 0 Å². The van der Waals surface area contributed by atoms with Gasteiger partial charge in [0, 0.05) is 25.8 Å². The number of hydrogen-bond donors (Lipinski definition) is 1. The predicted octanol–water partition coefficient (Wildman–Crippen LogP) is 2.61. The summed E-state index contributed by atoms with van der Waals surface area (Å²) in [4.78, 5) is 14.6. The standard InChI is InChI=1S/C14H16N2OS/c1-16(12-6-3-2-4-7-12)10-9-15-14(17)13-8-5-11-18-13/h2-8,11H,9-10H2,1H3,(H,15,17). The summed E-state index contributed by atoms with van der Waals surface area (Å²) in [5.74, 6) is 0.00598. The van der Waals surface area contributed by atoms with Crippen LogP contribution in [0, 0.1) is 0 Å². The minimum atomic E-state index is 0.00598. The third kappa shape index (κ3) is 3.34. The van der Waals surface area contributed by atoms with Crippen LogP contribution >= 0.6 is 11.3 Å². The fourth-order valence-electron chi connectivity index (χ4n) is 1.64. The van der Waals surface area contributed by atoms with Gasteiger partial charge in [-0.2, -0.15) is 0 Å². The Balaban J connectivity index is 1.77. The maximum absolute atomic E-state index is 11.7. The average molecular weight is 260 g/mol. The van der Waals surface area contributed by atoms with Crippen LogP contribution in [0.3, 0.4) is 0 Å². The maximum atomic E-state index is 11.7. The van der Waals surface area contributed by atoms with Gasteiger partial charge in [0.1, 0.15) is 0 Å². The van der Waals surface area contributed by atoms with E-state index in [1.54, 1.807) is 0 Å². The van der Waals surface area contributed by atoms with E-state index in [4.69, 9.17) is 0 Å². The van der Waals surface area contributed by atoms with Crippen LogP contribution in [0.4, 0.5) is 5.69 Å². The molecule has 0 bridgehead atoms. The molecule has 0 fully saturated rings. The minimum absolute atomic E-state index is 0.00598. The van der Waals surface area contributed by atoms with Crippen LogP contribution in [0.25, 0.3) is 0 Å². The van der Waals surface area contributed by atoms with Crippen LogP contribution in [-0.4, -0.2) is 26.0 Å².